The molecule has 23 nitrogen and oxygen atoms in total. The molecule has 15 rings (SSSR count). The minimum atomic E-state index is -0.570. The van der Waals surface area contributed by atoms with Crippen LogP contribution in [0.4, 0.5) is 30.6 Å². The SMILES string of the molecule is C=CC(=O)N1C[C@H](C)N(c2nc(=O)n(-c3c(C)nc(CC)nc3C(C)C)c3nc(-c4ccccc4F)c(Cl)cc23)C[C@H]1C.CCc1nc(C)c(-n2c(=O)nc(N3C[C@@H](C)CC[C@@H]3C)c3cc(Cl)c(-c4ccccc4F)nc32)c(C(C)C)n1.Cc1nc(Cl)nc(C(C)C)c1-n1c(=O)nc(N2C[C@@H](C)CC[C@@H]2C)c2cc(Cl)c(-c3ccccc3F)nc21.[CH2-]C.[CH2-]C.[Zn+2]. The van der Waals surface area contributed by atoms with Crippen molar-refractivity contribution in [3.8, 4) is 50.8 Å². The number of hydrogen-bond acceptors (Lipinski definition) is 19. The van der Waals surface area contributed by atoms with Crippen LogP contribution in [0.5, 0.6) is 0 Å². The number of aromatic nitrogens is 15. The Morgan fingerprint density at radius 3 is 1.06 bits per heavy atom. The van der Waals surface area contributed by atoms with E-state index in [1.807, 2.05) is 88.0 Å². The summed E-state index contributed by atoms with van der Waals surface area (Å²) in [6.07, 6.45) is 6.79. The molecule has 0 aliphatic carbocycles. The summed E-state index contributed by atoms with van der Waals surface area (Å²) < 4.78 is 49.2. The molecule has 3 aliphatic heterocycles. The molecule has 0 radical (unpaired) electrons. The second-order valence-corrected chi connectivity index (χ2v) is 34.0. The predicted octanol–water partition coefficient (Wildman–Crippen LogP) is 20.7. The second-order valence-electron chi connectivity index (χ2n) is 32.5. The van der Waals surface area contributed by atoms with Crippen molar-refractivity contribution >= 4 is 103 Å². The zero-order valence-corrected chi connectivity index (χ0v) is 80.6. The van der Waals surface area contributed by atoms with E-state index in [9.17, 15) is 28.0 Å². The maximum atomic E-state index is 15.0. The summed E-state index contributed by atoms with van der Waals surface area (Å²) >= 11 is 26.6. The molecule has 1 amide bonds. The van der Waals surface area contributed by atoms with Gasteiger partial charge < -0.3 is 33.4 Å². The van der Waals surface area contributed by atoms with Crippen LogP contribution in [0.3, 0.4) is 0 Å². The van der Waals surface area contributed by atoms with E-state index in [4.69, 9.17) is 71.3 Å². The summed E-state index contributed by atoms with van der Waals surface area (Å²) in [4.78, 5) is 119. The molecule has 0 N–H and O–H groups in total. The molecule has 12 heterocycles. The Kier molecular flexibility index (Phi) is 32.3. The standard InChI is InChI=1S/C32H35ClFN7O2.C30H34ClFN6O.C28H29Cl2FN6O.2C2H5.Zn/c1-8-25-35-20(7)29(27(36-25)17(3)4)41-31-22(14-23(33)28(37-31)21-12-10-11-13-24(21)34)30(38-32(41)43)40-16-18(5)39(15-19(40)6)26(42)9-2;1-7-24-33-19(6)27(25(34-24)16(2)3)38-29-21(14-22(31)26(35-29)20-10-8-9-11-23(20)32)28(36-30(38)39)37-15-17(4)12-13-18(37)5;1-14(2)22-24(17(5)32-27(30)34-22)37-26-19(12-20(29)23(33-26)18-8-6-7-9-21(18)31)25(35-28(37)38)36-13-15(3)10-11-16(36)4;2*1-2;/h9-14,17-19H,2,8,15-16H2,1,3-7H3;8-11,14,16-18H,7,12-13,15H2,1-6H3;6-9,12,14-16H,10-11,13H2,1-5H3;2*1H2,2H3;/q;;;2*-1;+2/t18-,19+;17-,18-;15-,16-;;;/m100.../s1. The number of carbonyl (C=O) groups is 1. The van der Waals surface area contributed by atoms with Crippen molar-refractivity contribution in [2.45, 2.75) is 212 Å². The third-order valence-corrected chi connectivity index (χ3v) is 23.6. The van der Waals surface area contributed by atoms with Gasteiger partial charge >= 0.3 is 36.5 Å². The first-order valence-corrected chi connectivity index (χ1v) is 43.7. The molecular formula is C94H108Cl4F3N19O4Zn. The monoisotopic (exact) mass is 1830 g/mol. The van der Waals surface area contributed by atoms with Crippen LogP contribution in [0.15, 0.2) is 118 Å². The van der Waals surface area contributed by atoms with Crippen LogP contribution in [-0.2, 0) is 37.1 Å². The van der Waals surface area contributed by atoms with Gasteiger partial charge in [-0.3, -0.25) is 4.79 Å². The van der Waals surface area contributed by atoms with E-state index in [0.717, 1.165) is 44.5 Å². The van der Waals surface area contributed by atoms with Gasteiger partial charge in [-0.05, 0) is 176 Å². The van der Waals surface area contributed by atoms with Crippen LogP contribution in [-0.4, -0.2) is 135 Å². The molecule has 654 valence electrons. The Morgan fingerprint density at radius 2 is 0.752 bits per heavy atom. The zero-order chi connectivity index (χ0) is 90.5. The number of amides is 1. The average Bonchev–Trinajstić information content (AvgIpc) is 0.737. The fourth-order valence-electron chi connectivity index (χ4n) is 16.3. The molecule has 3 aromatic carbocycles. The van der Waals surface area contributed by atoms with Crippen molar-refractivity contribution in [2.75, 3.05) is 40.9 Å². The number of benzene rings is 3. The van der Waals surface area contributed by atoms with E-state index in [1.54, 1.807) is 98.5 Å². The Balaban J connectivity index is 0.000000192. The van der Waals surface area contributed by atoms with E-state index in [2.05, 4.69) is 92.8 Å². The third-order valence-electron chi connectivity index (χ3n) is 22.6. The maximum absolute atomic E-state index is 15.0. The molecule has 12 aromatic rings. The first kappa shape index (κ1) is 97.2. The molecule has 3 saturated heterocycles. The fraction of sp³-hybridized carbons (Fsp3) is 0.404. The number of pyridine rings is 3. The third kappa shape index (κ3) is 20.0. The first-order valence-electron chi connectivity index (χ1n) is 42.2. The van der Waals surface area contributed by atoms with Gasteiger partial charge in [-0.15, -0.1) is 0 Å². The molecule has 3 fully saturated rings. The Morgan fingerprint density at radius 1 is 0.440 bits per heavy atom. The molecule has 125 heavy (non-hydrogen) atoms. The van der Waals surface area contributed by atoms with Crippen molar-refractivity contribution < 1.29 is 37.4 Å². The molecule has 6 atom stereocenters. The predicted molar refractivity (Wildman–Crippen MR) is 494 cm³/mol. The van der Waals surface area contributed by atoms with Crippen LogP contribution in [0.25, 0.3) is 83.9 Å². The zero-order valence-electron chi connectivity index (χ0n) is 74.6. The minimum Gasteiger partial charge on any atom is -0.353 e. The largest absolute Gasteiger partial charge is 2.00 e. The molecule has 9 aromatic heterocycles. The van der Waals surface area contributed by atoms with Crippen LogP contribution in [0, 0.1) is 63.9 Å². The molecule has 0 unspecified atom stereocenters. The summed E-state index contributed by atoms with van der Waals surface area (Å²) in [5.41, 5.74) is 6.09. The van der Waals surface area contributed by atoms with Gasteiger partial charge in [0, 0.05) is 79.9 Å². The molecule has 3 aliphatic rings. The van der Waals surface area contributed by atoms with Crippen LogP contribution in [0.1, 0.15) is 200 Å². The van der Waals surface area contributed by atoms with Crippen molar-refractivity contribution in [3.63, 3.8) is 0 Å². The second kappa shape index (κ2) is 41.6. The van der Waals surface area contributed by atoms with Crippen molar-refractivity contribution in [2.24, 2.45) is 11.8 Å². The van der Waals surface area contributed by atoms with Crippen molar-refractivity contribution in [1.29, 1.82) is 0 Å². The number of fused-ring (bicyclic) bond motifs is 3. The van der Waals surface area contributed by atoms with E-state index in [0.29, 0.717) is 140 Å². The fourth-order valence-corrected chi connectivity index (χ4v) is 17.3. The summed E-state index contributed by atoms with van der Waals surface area (Å²) in [5, 5.41) is 2.61. The maximum Gasteiger partial charge on any atom is 2.00 e. The molecule has 31 heteroatoms. The van der Waals surface area contributed by atoms with Gasteiger partial charge in [-0.1, -0.05) is 147 Å². The Labute approximate surface area is 761 Å². The number of aryl methyl sites for hydroxylation is 5. The quantitative estimate of drug-likeness (QED) is 0.0400. The van der Waals surface area contributed by atoms with Gasteiger partial charge in [0.1, 0.15) is 46.6 Å². The van der Waals surface area contributed by atoms with E-state index < -0.39 is 34.5 Å². The number of piperazine rings is 1. The van der Waals surface area contributed by atoms with Crippen LogP contribution in [0.2, 0.25) is 20.4 Å². The van der Waals surface area contributed by atoms with Gasteiger partial charge in [0.05, 0.1) is 99.5 Å². The first-order chi connectivity index (χ1) is 59.1. The van der Waals surface area contributed by atoms with Gasteiger partial charge in [0.15, 0.2) is 16.9 Å². The minimum absolute atomic E-state index is 0. The van der Waals surface area contributed by atoms with Crippen LogP contribution < -0.4 is 31.8 Å². The smallest absolute Gasteiger partial charge is 0.353 e. The number of hydrogen-bond donors (Lipinski definition) is 0. The number of nitrogens with zero attached hydrogens (tertiary/aromatic N) is 19. The molecule has 0 saturated carbocycles. The number of anilines is 3. The number of piperidine rings is 2. The molecule has 0 spiro atoms. The van der Waals surface area contributed by atoms with E-state index in [1.165, 1.54) is 38.0 Å². The normalized spacial score (nSPS) is 17.0. The Bertz CT molecular complexity index is 6210. The number of halogens is 7. The van der Waals surface area contributed by atoms with Gasteiger partial charge in [-0.2, -0.15) is 28.8 Å². The molecular weight excluding hydrogens is 1720 g/mol. The van der Waals surface area contributed by atoms with Gasteiger partial charge in [0.2, 0.25) is 11.2 Å². The van der Waals surface area contributed by atoms with Gasteiger partial charge in [-0.25, -0.2) is 86.1 Å². The van der Waals surface area contributed by atoms with E-state index in [-0.39, 0.29) is 127 Å². The van der Waals surface area contributed by atoms with Crippen molar-refractivity contribution in [1.82, 2.24) is 78.4 Å². The summed E-state index contributed by atoms with van der Waals surface area (Å²) in [6.45, 7) is 50.0. The van der Waals surface area contributed by atoms with Gasteiger partial charge in [0.25, 0.3) is 0 Å². The summed E-state index contributed by atoms with van der Waals surface area (Å²) in [7, 11) is 0. The molecule has 0 bridgehead atoms. The number of carbonyl (C=O) groups excluding carboxylic acids is 1. The van der Waals surface area contributed by atoms with E-state index >= 15 is 4.39 Å². The number of rotatable bonds is 15. The summed E-state index contributed by atoms with van der Waals surface area (Å²) in [5.74, 6) is 2.08. The average molecular weight is 1830 g/mol. The van der Waals surface area contributed by atoms with Crippen LogP contribution >= 0.6 is 46.4 Å². The Hall–Kier alpha value is -10.0. The van der Waals surface area contributed by atoms with Crippen molar-refractivity contribution in [3.05, 3.63) is 233 Å². The summed E-state index contributed by atoms with van der Waals surface area (Å²) in [6, 6.07) is 24.1. The topological polar surface area (TPSA) is 251 Å².